The molecule has 0 saturated carbocycles. The molecule has 1 amide bonds. The lowest BCUT2D eigenvalue weighted by atomic mass is 10.1. The van der Waals surface area contributed by atoms with E-state index in [0.717, 1.165) is 11.3 Å². The van der Waals surface area contributed by atoms with Crippen molar-refractivity contribution in [2.24, 2.45) is 10.9 Å². The first-order valence-electron chi connectivity index (χ1n) is 9.95. The van der Waals surface area contributed by atoms with E-state index < -0.39 is 0 Å². The quantitative estimate of drug-likeness (QED) is 0.262. The average molecular weight is 525 g/mol. The summed E-state index contributed by atoms with van der Waals surface area (Å²) in [7, 11) is 0. The van der Waals surface area contributed by atoms with Gasteiger partial charge in [-0.05, 0) is 49.6 Å². The second kappa shape index (κ2) is 13.8. The Morgan fingerprint density at radius 2 is 1.90 bits per heavy atom. The van der Waals surface area contributed by atoms with Gasteiger partial charge in [0.05, 0.1) is 24.5 Å². The number of hydrogen-bond donors (Lipinski definition) is 3. The highest BCUT2D eigenvalue weighted by Crippen LogP contribution is 2.18. The number of nitrogens with zero attached hydrogens (tertiary/aromatic N) is 2. The first kappa shape index (κ1) is 25.7. The molecule has 1 heterocycles. The minimum absolute atomic E-state index is 0. The molecule has 0 radical (unpaired) electrons. The number of pyridine rings is 1. The average Bonchev–Trinajstić information content (AvgIpc) is 2.71. The van der Waals surface area contributed by atoms with Crippen LogP contribution in [0.2, 0.25) is 0 Å². The maximum absolute atomic E-state index is 12.1. The molecule has 1 aromatic carbocycles. The van der Waals surface area contributed by atoms with Crippen molar-refractivity contribution in [2.45, 2.75) is 33.7 Å². The van der Waals surface area contributed by atoms with Gasteiger partial charge in [-0.1, -0.05) is 26.0 Å². The van der Waals surface area contributed by atoms with Gasteiger partial charge in [0.1, 0.15) is 12.3 Å². The summed E-state index contributed by atoms with van der Waals surface area (Å²) < 4.78 is 5.73. The fraction of sp³-hybridized carbons (Fsp3) is 0.409. The number of carbonyl (C=O) groups is 1. The molecule has 30 heavy (non-hydrogen) atoms. The Labute approximate surface area is 196 Å². The number of amides is 1. The molecule has 1 atom stereocenters. The molecule has 2 aromatic rings. The number of aliphatic imine (C=N–C) groups is 1. The normalized spacial score (nSPS) is 12.0. The third kappa shape index (κ3) is 9.43. The second-order valence-corrected chi connectivity index (χ2v) is 7.12. The molecule has 0 spiro atoms. The van der Waals surface area contributed by atoms with E-state index in [2.05, 4.69) is 39.8 Å². The standard InChI is InChI=1S/C22H31N5O2.HI/c1-5-24-22(25-14-21(28)27-19-7-6-12-23-13-19)26-17(4)18-8-10-20(11-9-18)29-15-16(2)3;/h6-13,16-17H,5,14-15H2,1-4H3,(H,27,28)(H2,24,25,26);1H. The van der Waals surface area contributed by atoms with Gasteiger partial charge in [0.2, 0.25) is 5.91 Å². The maximum Gasteiger partial charge on any atom is 0.246 e. The molecule has 0 aliphatic carbocycles. The highest BCUT2D eigenvalue weighted by atomic mass is 127. The van der Waals surface area contributed by atoms with E-state index in [9.17, 15) is 4.79 Å². The van der Waals surface area contributed by atoms with Crippen molar-refractivity contribution in [2.75, 3.05) is 25.0 Å². The van der Waals surface area contributed by atoms with Crippen LogP contribution in [-0.4, -0.2) is 36.5 Å². The van der Waals surface area contributed by atoms with E-state index in [4.69, 9.17) is 4.74 Å². The number of anilines is 1. The fourth-order valence-electron chi connectivity index (χ4n) is 2.51. The number of aromatic nitrogens is 1. The minimum atomic E-state index is -0.200. The molecular weight excluding hydrogens is 493 g/mol. The fourth-order valence-corrected chi connectivity index (χ4v) is 2.51. The predicted octanol–water partition coefficient (Wildman–Crippen LogP) is 3.99. The third-order valence-electron chi connectivity index (χ3n) is 3.99. The monoisotopic (exact) mass is 525 g/mol. The Morgan fingerprint density at radius 3 is 2.50 bits per heavy atom. The van der Waals surface area contributed by atoms with Crippen LogP contribution in [0.3, 0.4) is 0 Å². The van der Waals surface area contributed by atoms with Crippen molar-refractivity contribution < 1.29 is 9.53 Å². The van der Waals surface area contributed by atoms with Crippen molar-refractivity contribution >= 4 is 41.5 Å². The van der Waals surface area contributed by atoms with Crippen LogP contribution in [-0.2, 0) is 4.79 Å². The van der Waals surface area contributed by atoms with E-state index in [0.29, 0.717) is 30.7 Å². The molecule has 7 nitrogen and oxygen atoms in total. The number of carbonyl (C=O) groups excluding carboxylic acids is 1. The van der Waals surface area contributed by atoms with Gasteiger partial charge < -0.3 is 20.7 Å². The highest BCUT2D eigenvalue weighted by Gasteiger charge is 2.09. The molecule has 0 aliphatic rings. The van der Waals surface area contributed by atoms with Crippen molar-refractivity contribution in [3.63, 3.8) is 0 Å². The number of halogens is 1. The van der Waals surface area contributed by atoms with Crippen LogP contribution in [0, 0.1) is 5.92 Å². The summed E-state index contributed by atoms with van der Waals surface area (Å²) in [6, 6.07) is 11.6. The first-order valence-corrected chi connectivity index (χ1v) is 9.95. The molecule has 3 N–H and O–H groups in total. The molecule has 1 aromatic heterocycles. The topological polar surface area (TPSA) is 87.6 Å². The molecule has 2 rings (SSSR count). The van der Waals surface area contributed by atoms with Crippen molar-refractivity contribution in [3.8, 4) is 5.75 Å². The lowest BCUT2D eigenvalue weighted by Gasteiger charge is -2.18. The van der Waals surface area contributed by atoms with E-state index in [-0.39, 0.29) is 42.5 Å². The molecule has 0 fully saturated rings. The summed E-state index contributed by atoms with van der Waals surface area (Å²) in [5.74, 6) is 1.74. The molecule has 164 valence electrons. The molecule has 0 aliphatic heterocycles. The van der Waals surface area contributed by atoms with Gasteiger partial charge in [0.25, 0.3) is 0 Å². The Bertz CT molecular complexity index is 782. The summed E-state index contributed by atoms with van der Waals surface area (Å²) in [6.45, 7) is 9.69. The van der Waals surface area contributed by atoms with Gasteiger partial charge in [-0.3, -0.25) is 9.78 Å². The molecule has 0 saturated heterocycles. The number of nitrogens with one attached hydrogen (secondary N) is 3. The number of guanidine groups is 1. The summed E-state index contributed by atoms with van der Waals surface area (Å²) >= 11 is 0. The lowest BCUT2D eigenvalue weighted by molar-refractivity contribution is -0.114. The SMILES string of the molecule is CCNC(=NCC(=O)Nc1cccnc1)NC(C)c1ccc(OCC(C)C)cc1.I. The van der Waals surface area contributed by atoms with Crippen LogP contribution >= 0.6 is 24.0 Å². The summed E-state index contributed by atoms with van der Waals surface area (Å²) in [5, 5.41) is 9.27. The predicted molar refractivity (Wildman–Crippen MR) is 133 cm³/mol. The third-order valence-corrected chi connectivity index (χ3v) is 3.99. The van der Waals surface area contributed by atoms with Crippen LogP contribution in [0.5, 0.6) is 5.75 Å². The first-order chi connectivity index (χ1) is 14.0. The van der Waals surface area contributed by atoms with Gasteiger partial charge in [0.15, 0.2) is 5.96 Å². The van der Waals surface area contributed by atoms with E-state index in [1.165, 1.54) is 0 Å². The summed E-state index contributed by atoms with van der Waals surface area (Å²) in [4.78, 5) is 20.5. The number of hydrogen-bond acceptors (Lipinski definition) is 4. The number of benzene rings is 1. The van der Waals surface area contributed by atoms with Crippen molar-refractivity contribution in [1.82, 2.24) is 15.6 Å². The molecule has 0 bridgehead atoms. The van der Waals surface area contributed by atoms with Crippen molar-refractivity contribution in [3.05, 3.63) is 54.4 Å². The number of rotatable bonds is 9. The summed E-state index contributed by atoms with van der Waals surface area (Å²) in [5.41, 5.74) is 1.76. The molecule has 8 heteroatoms. The zero-order chi connectivity index (χ0) is 21.1. The minimum Gasteiger partial charge on any atom is -0.493 e. The Morgan fingerprint density at radius 1 is 1.17 bits per heavy atom. The zero-order valence-corrected chi connectivity index (χ0v) is 20.3. The second-order valence-electron chi connectivity index (χ2n) is 7.12. The van der Waals surface area contributed by atoms with Gasteiger partial charge in [-0.15, -0.1) is 24.0 Å². The number of ether oxygens (including phenoxy) is 1. The van der Waals surface area contributed by atoms with E-state index >= 15 is 0 Å². The van der Waals surface area contributed by atoms with Gasteiger partial charge >= 0.3 is 0 Å². The van der Waals surface area contributed by atoms with Crippen LogP contribution in [0.15, 0.2) is 53.8 Å². The summed E-state index contributed by atoms with van der Waals surface area (Å²) in [6.07, 6.45) is 3.26. The van der Waals surface area contributed by atoms with Crippen LogP contribution in [0.25, 0.3) is 0 Å². The lowest BCUT2D eigenvalue weighted by Crippen LogP contribution is -2.39. The van der Waals surface area contributed by atoms with Gasteiger partial charge in [0, 0.05) is 12.7 Å². The largest absolute Gasteiger partial charge is 0.493 e. The van der Waals surface area contributed by atoms with Crippen LogP contribution in [0.4, 0.5) is 5.69 Å². The Kier molecular flexibility index (Phi) is 11.8. The highest BCUT2D eigenvalue weighted by molar-refractivity contribution is 14.0. The van der Waals surface area contributed by atoms with Crippen molar-refractivity contribution in [1.29, 1.82) is 0 Å². The van der Waals surface area contributed by atoms with E-state index in [1.54, 1.807) is 24.5 Å². The van der Waals surface area contributed by atoms with E-state index in [1.807, 2.05) is 38.1 Å². The van der Waals surface area contributed by atoms with Crippen LogP contribution < -0.4 is 20.7 Å². The zero-order valence-electron chi connectivity index (χ0n) is 18.0. The Hall–Kier alpha value is -2.36. The smallest absolute Gasteiger partial charge is 0.246 e. The van der Waals surface area contributed by atoms with Gasteiger partial charge in [-0.25, -0.2) is 4.99 Å². The van der Waals surface area contributed by atoms with Gasteiger partial charge in [-0.2, -0.15) is 0 Å². The molecular formula is C22H32IN5O2. The maximum atomic E-state index is 12.1. The van der Waals surface area contributed by atoms with Crippen LogP contribution in [0.1, 0.15) is 39.3 Å². The molecule has 1 unspecified atom stereocenters. The Balaban J connectivity index is 0.00000450.